The summed E-state index contributed by atoms with van der Waals surface area (Å²) in [4.78, 5) is 22.2. The summed E-state index contributed by atoms with van der Waals surface area (Å²) >= 11 is 5.88. The molecular formula is C14H11ClN2O5S. The minimum atomic E-state index is -3.40. The molecule has 0 radical (unpaired) electrons. The Hall–Kier alpha value is -2.45. The molecule has 0 aliphatic heterocycles. The molecule has 2 rings (SSSR count). The van der Waals surface area contributed by atoms with Crippen LogP contribution in [0.5, 0.6) is 0 Å². The Labute approximate surface area is 137 Å². The van der Waals surface area contributed by atoms with E-state index in [1.807, 2.05) is 0 Å². The molecule has 0 heterocycles. The maximum Gasteiger partial charge on any atom is 0.270 e. The summed E-state index contributed by atoms with van der Waals surface area (Å²) in [6.07, 6.45) is 1.06. The first-order chi connectivity index (χ1) is 10.7. The van der Waals surface area contributed by atoms with E-state index in [9.17, 15) is 23.3 Å². The van der Waals surface area contributed by atoms with E-state index in [1.165, 1.54) is 30.3 Å². The predicted octanol–water partition coefficient (Wildman–Crippen LogP) is 2.90. The highest BCUT2D eigenvalue weighted by atomic mass is 35.5. The van der Waals surface area contributed by atoms with E-state index in [-0.39, 0.29) is 26.9 Å². The average Bonchev–Trinajstić information content (AvgIpc) is 2.46. The standard InChI is InChI=1S/C14H11ClN2O5S/c1-23(21,22)11-4-2-3-9(7-11)16-14(18)12-6-5-10(17(19)20)8-13(12)15/h2-8H,1H3,(H,16,18). The summed E-state index contributed by atoms with van der Waals surface area (Å²) in [5.41, 5.74) is 0.0833. The van der Waals surface area contributed by atoms with Crippen LogP contribution < -0.4 is 5.32 Å². The van der Waals surface area contributed by atoms with Gasteiger partial charge in [-0.25, -0.2) is 8.42 Å². The fourth-order valence-corrected chi connectivity index (χ4v) is 2.73. The van der Waals surface area contributed by atoms with Crippen molar-refractivity contribution in [2.45, 2.75) is 4.90 Å². The summed E-state index contributed by atoms with van der Waals surface area (Å²) in [5, 5.41) is 13.1. The van der Waals surface area contributed by atoms with E-state index in [4.69, 9.17) is 11.6 Å². The Bertz CT molecular complexity index is 896. The van der Waals surface area contributed by atoms with Gasteiger partial charge >= 0.3 is 0 Å². The van der Waals surface area contributed by atoms with E-state index >= 15 is 0 Å². The molecule has 7 nitrogen and oxygen atoms in total. The fraction of sp³-hybridized carbons (Fsp3) is 0.0714. The molecule has 9 heteroatoms. The molecule has 0 aliphatic rings. The second-order valence-electron chi connectivity index (χ2n) is 4.68. The molecular weight excluding hydrogens is 344 g/mol. The van der Waals surface area contributed by atoms with Crippen LogP contribution in [-0.4, -0.2) is 25.5 Å². The van der Waals surface area contributed by atoms with Gasteiger partial charge in [0.1, 0.15) is 0 Å². The Morgan fingerprint density at radius 1 is 1.22 bits per heavy atom. The number of nitro groups is 1. The summed E-state index contributed by atoms with van der Waals surface area (Å²) in [7, 11) is -3.40. The topological polar surface area (TPSA) is 106 Å². The number of nitrogens with one attached hydrogen (secondary N) is 1. The molecule has 23 heavy (non-hydrogen) atoms. The van der Waals surface area contributed by atoms with Crippen LogP contribution in [0.2, 0.25) is 5.02 Å². The third-order valence-electron chi connectivity index (χ3n) is 2.93. The predicted molar refractivity (Wildman–Crippen MR) is 85.6 cm³/mol. The fourth-order valence-electron chi connectivity index (χ4n) is 1.80. The lowest BCUT2D eigenvalue weighted by Crippen LogP contribution is -2.13. The van der Waals surface area contributed by atoms with Crippen LogP contribution in [0.15, 0.2) is 47.4 Å². The second kappa shape index (κ2) is 6.35. The smallest absolute Gasteiger partial charge is 0.270 e. The number of carbonyl (C=O) groups excluding carboxylic acids is 1. The number of non-ortho nitro benzene ring substituents is 1. The van der Waals surface area contributed by atoms with Gasteiger partial charge in [-0.2, -0.15) is 0 Å². The maximum absolute atomic E-state index is 12.2. The molecule has 0 atom stereocenters. The zero-order valence-electron chi connectivity index (χ0n) is 11.8. The molecule has 1 amide bonds. The van der Waals surface area contributed by atoms with E-state index in [0.717, 1.165) is 18.4 Å². The summed E-state index contributed by atoms with van der Waals surface area (Å²) in [6, 6.07) is 9.19. The summed E-state index contributed by atoms with van der Waals surface area (Å²) < 4.78 is 23.0. The SMILES string of the molecule is CS(=O)(=O)c1cccc(NC(=O)c2ccc([N+](=O)[O-])cc2Cl)c1. The van der Waals surface area contributed by atoms with Crippen LogP contribution in [0.3, 0.4) is 0 Å². The van der Waals surface area contributed by atoms with E-state index in [2.05, 4.69) is 5.32 Å². The van der Waals surface area contributed by atoms with Gasteiger partial charge in [0.05, 0.1) is 20.4 Å². The molecule has 0 saturated heterocycles. The minimum Gasteiger partial charge on any atom is -0.322 e. The van der Waals surface area contributed by atoms with Crippen molar-refractivity contribution in [3.63, 3.8) is 0 Å². The monoisotopic (exact) mass is 354 g/mol. The quantitative estimate of drug-likeness (QED) is 0.671. The van der Waals surface area contributed by atoms with Gasteiger partial charge in [0.2, 0.25) is 0 Å². The van der Waals surface area contributed by atoms with E-state index in [0.29, 0.717) is 0 Å². The van der Waals surface area contributed by atoms with Crippen LogP contribution in [0, 0.1) is 10.1 Å². The van der Waals surface area contributed by atoms with Crippen LogP contribution in [0.1, 0.15) is 10.4 Å². The number of amides is 1. The molecule has 0 bridgehead atoms. The molecule has 120 valence electrons. The zero-order valence-corrected chi connectivity index (χ0v) is 13.4. The highest BCUT2D eigenvalue weighted by molar-refractivity contribution is 7.90. The highest BCUT2D eigenvalue weighted by Gasteiger charge is 2.16. The lowest BCUT2D eigenvalue weighted by Gasteiger charge is -2.08. The molecule has 0 spiro atoms. The van der Waals surface area contributed by atoms with Crippen LogP contribution in [0.4, 0.5) is 11.4 Å². The van der Waals surface area contributed by atoms with Gasteiger partial charge in [-0.1, -0.05) is 17.7 Å². The van der Waals surface area contributed by atoms with Crippen molar-refractivity contribution >= 4 is 38.7 Å². The number of benzene rings is 2. The number of nitro benzene ring substituents is 1. The largest absolute Gasteiger partial charge is 0.322 e. The third kappa shape index (κ3) is 4.05. The van der Waals surface area contributed by atoms with Crippen molar-refractivity contribution in [1.82, 2.24) is 0 Å². The number of sulfone groups is 1. The van der Waals surface area contributed by atoms with Gasteiger partial charge in [0, 0.05) is 24.1 Å². The number of hydrogen-bond donors (Lipinski definition) is 1. The van der Waals surface area contributed by atoms with E-state index < -0.39 is 20.7 Å². The molecule has 1 N–H and O–H groups in total. The third-order valence-corrected chi connectivity index (χ3v) is 4.35. The molecule has 2 aromatic rings. The first-order valence-corrected chi connectivity index (χ1v) is 8.51. The summed E-state index contributed by atoms with van der Waals surface area (Å²) in [5.74, 6) is -0.601. The number of nitrogens with zero attached hydrogens (tertiary/aromatic N) is 1. The molecule has 2 aromatic carbocycles. The number of rotatable bonds is 4. The van der Waals surface area contributed by atoms with Crippen molar-refractivity contribution in [1.29, 1.82) is 0 Å². The van der Waals surface area contributed by atoms with Gasteiger partial charge in [0.15, 0.2) is 9.84 Å². The van der Waals surface area contributed by atoms with Gasteiger partial charge in [-0.15, -0.1) is 0 Å². The van der Waals surface area contributed by atoms with Crippen LogP contribution >= 0.6 is 11.6 Å². The normalized spacial score (nSPS) is 11.0. The van der Waals surface area contributed by atoms with Gasteiger partial charge in [0.25, 0.3) is 11.6 Å². The number of anilines is 1. The van der Waals surface area contributed by atoms with Gasteiger partial charge in [-0.05, 0) is 24.3 Å². The Balaban J connectivity index is 2.28. The second-order valence-corrected chi connectivity index (χ2v) is 7.10. The molecule has 0 unspecified atom stereocenters. The Morgan fingerprint density at radius 2 is 1.91 bits per heavy atom. The first kappa shape index (κ1) is 16.9. The molecule has 0 aromatic heterocycles. The van der Waals surface area contributed by atoms with Crippen LogP contribution in [0.25, 0.3) is 0 Å². The Kier molecular flexibility index (Phi) is 4.67. The number of hydrogen-bond acceptors (Lipinski definition) is 5. The molecule has 0 saturated carbocycles. The minimum absolute atomic E-state index is 0.0435. The number of carbonyl (C=O) groups is 1. The zero-order chi connectivity index (χ0) is 17.2. The van der Waals surface area contributed by atoms with Crippen molar-refractivity contribution in [2.24, 2.45) is 0 Å². The van der Waals surface area contributed by atoms with Crippen molar-refractivity contribution < 1.29 is 18.1 Å². The number of halogens is 1. The van der Waals surface area contributed by atoms with Crippen molar-refractivity contribution in [2.75, 3.05) is 11.6 Å². The average molecular weight is 355 g/mol. The highest BCUT2D eigenvalue weighted by Crippen LogP contribution is 2.24. The van der Waals surface area contributed by atoms with E-state index in [1.54, 1.807) is 0 Å². The van der Waals surface area contributed by atoms with Gasteiger partial charge < -0.3 is 5.32 Å². The van der Waals surface area contributed by atoms with Crippen molar-refractivity contribution in [3.05, 3.63) is 63.2 Å². The van der Waals surface area contributed by atoms with Crippen LogP contribution in [-0.2, 0) is 9.84 Å². The van der Waals surface area contributed by atoms with Gasteiger partial charge in [-0.3, -0.25) is 14.9 Å². The lowest BCUT2D eigenvalue weighted by atomic mass is 10.2. The maximum atomic E-state index is 12.2. The first-order valence-electron chi connectivity index (χ1n) is 6.24. The lowest BCUT2D eigenvalue weighted by molar-refractivity contribution is -0.384. The molecule has 0 aliphatic carbocycles. The molecule has 0 fully saturated rings. The van der Waals surface area contributed by atoms with Crippen molar-refractivity contribution in [3.8, 4) is 0 Å². The summed E-state index contributed by atoms with van der Waals surface area (Å²) in [6.45, 7) is 0. The Morgan fingerprint density at radius 3 is 2.48 bits per heavy atom.